The number of hydrogen-bond donors (Lipinski definition) is 0. The Morgan fingerprint density at radius 1 is 0.312 bits per heavy atom. The summed E-state index contributed by atoms with van der Waals surface area (Å²) >= 11 is 0. The predicted octanol–water partition coefficient (Wildman–Crippen LogP) is -14.3. The van der Waals surface area contributed by atoms with Crippen LogP contribution >= 0.6 is 0 Å². The molecular weight excluding hydrogens is 450 g/mol. The summed E-state index contributed by atoms with van der Waals surface area (Å²) in [7, 11) is -14.8. The number of hydrogen-bond acceptors (Lipinski definition) is 12. The summed E-state index contributed by atoms with van der Waals surface area (Å²) in [6, 6.07) is 0. The quantitative estimate of drug-likeness (QED) is 0.332. The first kappa shape index (κ1) is 26.5. The molecule has 0 aromatic heterocycles. The first-order valence-corrected chi connectivity index (χ1v) is 5.55. The molecular formula is Cl3EuO12. The maximum absolute atomic E-state index is 8.49. The molecule has 0 N–H and O–H groups in total. The molecule has 0 unspecified atom stereocenters. The molecule has 100 valence electrons. The fourth-order valence-electron chi connectivity index (χ4n) is 0. The van der Waals surface area contributed by atoms with Gasteiger partial charge in [-0.1, -0.05) is 0 Å². The fraction of sp³-hybridized carbons (Fsp3) is 0. The summed E-state index contributed by atoms with van der Waals surface area (Å²) in [6.45, 7) is 0. The van der Waals surface area contributed by atoms with Crippen molar-refractivity contribution in [3.05, 3.63) is 0 Å². The van der Waals surface area contributed by atoms with Gasteiger partial charge in [-0.2, -0.15) is 0 Å². The van der Waals surface area contributed by atoms with E-state index in [4.69, 9.17) is 55.9 Å². The zero-order valence-electron chi connectivity index (χ0n) is 6.41. The molecule has 16 heavy (non-hydrogen) atoms. The summed E-state index contributed by atoms with van der Waals surface area (Å²) in [5.41, 5.74) is 0. The summed E-state index contributed by atoms with van der Waals surface area (Å²) in [6.07, 6.45) is 0. The molecule has 0 radical (unpaired) electrons. The summed E-state index contributed by atoms with van der Waals surface area (Å²) in [4.78, 5) is 0. The zero-order valence-corrected chi connectivity index (χ0v) is 11.1. The molecule has 0 saturated heterocycles. The molecule has 0 fully saturated rings. The van der Waals surface area contributed by atoms with Gasteiger partial charge in [-0.25, -0.2) is 55.9 Å². The second-order valence-corrected chi connectivity index (χ2v) is 3.40. The monoisotopic (exact) mass is 450 g/mol. The van der Waals surface area contributed by atoms with Crippen molar-refractivity contribution < 1.29 is 136 Å². The van der Waals surface area contributed by atoms with Crippen LogP contribution in [0.5, 0.6) is 0 Å². The summed E-state index contributed by atoms with van der Waals surface area (Å²) < 4.78 is 102. The Balaban J connectivity index is -0.0000000655. The maximum Gasteiger partial charge on any atom is 3.00 e. The molecule has 12 nitrogen and oxygen atoms in total. The minimum absolute atomic E-state index is 0. The Kier molecular flexibility index (Phi) is 18.0. The molecule has 0 bridgehead atoms. The van der Waals surface area contributed by atoms with Gasteiger partial charge < -0.3 is 0 Å². The maximum atomic E-state index is 8.49. The van der Waals surface area contributed by atoms with Gasteiger partial charge in [0.25, 0.3) is 0 Å². The van der Waals surface area contributed by atoms with Crippen molar-refractivity contribution in [3.63, 3.8) is 0 Å². The average molecular weight is 450 g/mol. The Morgan fingerprint density at radius 3 is 0.312 bits per heavy atom. The van der Waals surface area contributed by atoms with Crippen molar-refractivity contribution in [2.45, 2.75) is 0 Å². The molecule has 0 aliphatic heterocycles. The van der Waals surface area contributed by atoms with Crippen molar-refractivity contribution in [1.29, 1.82) is 0 Å². The minimum atomic E-state index is -4.94. The van der Waals surface area contributed by atoms with E-state index in [1.165, 1.54) is 0 Å². The third kappa shape index (κ3) is 919. The normalized spacial score (nSPS) is 11.2. The molecule has 0 atom stereocenters. The molecule has 0 rings (SSSR count). The zero-order chi connectivity index (χ0) is 13.5. The van der Waals surface area contributed by atoms with E-state index < -0.39 is 30.7 Å². The van der Waals surface area contributed by atoms with Crippen LogP contribution in [0.15, 0.2) is 0 Å². The van der Waals surface area contributed by atoms with Crippen LogP contribution in [0, 0.1) is 80.1 Å². The minimum Gasteiger partial charge on any atom is -0.222 e. The van der Waals surface area contributed by atoms with Crippen LogP contribution in [0.4, 0.5) is 0 Å². The summed E-state index contributed by atoms with van der Waals surface area (Å²) in [5, 5.41) is 0. The van der Waals surface area contributed by atoms with E-state index in [9.17, 15) is 0 Å². The van der Waals surface area contributed by atoms with Gasteiger partial charge in [0.1, 0.15) is 0 Å². The SMILES string of the molecule is [Eu+3].[O-][Cl+3]([O-])([O-])[O-].[O-][Cl+3]([O-])([O-])[O-].[O-][Cl+3]([O-])([O-])[O-]. The molecule has 0 amide bonds. The summed E-state index contributed by atoms with van der Waals surface area (Å²) in [5.74, 6) is 0. The van der Waals surface area contributed by atoms with Gasteiger partial charge in [-0.3, -0.25) is 0 Å². The van der Waals surface area contributed by atoms with Gasteiger partial charge in [-0.05, 0) is 0 Å². The molecule has 0 aromatic rings. The first-order chi connectivity index (χ1) is 6.00. The van der Waals surface area contributed by atoms with Gasteiger partial charge in [0.2, 0.25) is 0 Å². The van der Waals surface area contributed by atoms with Crippen molar-refractivity contribution in [1.82, 2.24) is 0 Å². The molecule has 0 aromatic carbocycles. The smallest absolute Gasteiger partial charge is 0.222 e. The second kappa shape index (κ2) is 10.9. The van der Waals surface area contributed by atoms with E-state index in [1.54, 1.807) is 0 Å². The Morgan fingerprint density at radius 2 is 0.312 bits per heavy atom. The van der Waals surface area contributed by atoms with Gasteiger partial charge in [0.15, 0.2) is 0 Å². The van der Waals surface area contributed by atoms with Crippen molar-refractivity contribution in [2.75, 3.05) is 0 Å². The van der Waals surface area contributed by atoms with Crippen LogP contribution in [-0.2, 0) is 0 Å². The van der Waals surface area contributed by atoms with E-state index in [0.29, 0.717) is 0 Å². The molecule has 0 aliphatic rings. The van der Waals surface area contributed by atoms with Crippen LogP contribution in [0.1, 0.15) is 0 Å². The van der Waals surface area contributed by atoms with Gasteiger partial charge in [-0.15, -0.1) is 30.7 Å². The van der Waals surface area contributed by atoms with Crippen molar-refractivity contribution in [3.8, 4) is 0 Å². The van der Waals surface area contributed by atoms with Crippen LogP contribution in [0.25, 0.3) is 0 Å². The second-order valence-electron chi connectivity index (χ2n) is 1.13. The average Bonchev–Trinajstić information content (AvgIpc) is 1.41. The van der Waals surface area contributed by atoms with E-state index in [1.807, 2.05) is 0 Å². The van der Waals surface area contributed by atoms with Gasteiger partial charge >= 0.3 is 49.4 Å². The van der Waals surface area contributed by atoms with E-state index >= 15 is 0 Å². The van der Waals surface area contributed by atoms with Crippen LogP contribution < -0.4 is 55.9 Å². The molecule has 0 saturated carbocycles. The molecule has 0 spiro atoms. The van der Waals surface area contributed by atoms with Crippen LogP contribution in [0.3, 0.4) is 0 Å². The van der Waals surface area contributed by atoms with E-state index in [0.717, 1.165) is 0 Å². The molecule has 0 aliphatic carbocycles. The largest absolute Gasteiger partial charge is 3.00 e. The Labute approximate surface area is 134 Å². The van der Waals surface area contributed by atoms with Crippen LogP contribution in [0.2, 0.25) is 0 Å². The first-order valence-electron chi connectivity index (χ1n) is 1.85. The van der Waals surface area contributed by atoms with Gasteiger partial charge in [0.05, 0.1) is 0 Å². The fourth-order valence-corrected chi connectivity index (χ4v) is 0. The van der Waals surface area contributed by atoms with Crippen molar-refractivity contribution >= 4 is 0 Å². The topological polar surface area (TPSA) is 277 Å². The standard InChI is InChI=1S/3ClHO4.Eu/c3*2-1(3,4)5;/h3*(H,2,3,4,5);/q;;;+3/p-3. The number of rotatable bonds is 0. The van der Waals surface area contributed by atoms with Crippen molar-refractivity contribution in [2.24, 2.45) is 0 Å². The number of halogens is 3. The Hall–Kier alpha value is 1.97. The third-order valence-electron chi connectivity index (χ3n) is 0. The third-order valence-corrected chi connectivity index (χ3v) is 0. The van der Waals surface area contributed by atoms with Crippen LogP contribution in [-0.4, -0.2) is 0 Å². The molecule has 16 heteroatoms. The van der Waals surface area contributed by atoms with E-state index in [-0.39, 0.29) is 49.4 Å². The predicted molar refractivity (Wildman–Crippen MR) is 0 cm³/mol. The van der Waals surface area contributed by atoms with E-state index in [2.05, 4.69) is 0 Å². The molecule has 0 heterocycles. The Bertz CT molecular complexity index is 91.3. The van der Waals surface area contributed by atoms with Gasteiger partial charge in [0, 0.05) is 0 Å².